The number of aliphatic hydroxyl groups excluding tert-OH is 1. The Morgan fingerprint density at radius 2 is 2.26 bits per heavy atom. The maximum Gasteiger partial charge on any atom is 0.287 e. The van der Waals surface area contributed by atoms with Gasteiger partial charge in [-0.2, -0.15) is 11.8 Å². The van der Waals surface area contributed by atoms with Gasteiger partial charge < -0.3 is 14.8 Å². The molecule has 1 atom stereocenters. The van der Waals surface area contributed by atoms with Crippen LogP contribution in [-0.4, -0.2) is 28.4 Å². The van der Waals surface area contributed by atoms with E-state index < -0.39 is 0 Å². The molecule has 1 aliphatic rings. The fourth-order valence-corrected chi connectivity index (χ4v) is 3.27. The summed E-state index contributed by atoms with van der Waals surface area (Å²) in [5.41, 5.74) is 0.814. The van der Waals surface area contributed by atoms with Crippen molar-refractivity contribution in [1.29, 1.82) is 0 Å². The Morgan fingerprint density at radius 1 is 1.43 bits per heavy atom. The highest BCUT2D eigenvalue weighted by Gasteiger charge is 2.36. The molecule has 5 nitrogen and oxygen atoms in total. The van der Waals surface area contributed by atoms with E-state index in [-0.39, 0.29) is 24.0 Å². The monoisotopic (exact) mass is 332 g/mol. The topological polar surface area (TPSA) is 75.4 Å². The maximum absolute atomic E-state index is 12.5. The summed E-state index contributed by atoms with van der Waals surface area (Å²) in [6.07, 6.45) is 4.78. The quantitative estimate of drug-likeness (QED) is 0.851. The molecule has 122 valence electrons. The standard InChI is InChI=1S/C17H20N2O3S/c1-23-10-13-5-6-15(22-13)17(21)19-16(11-8-12(20)9-11)14-4-2-3-7-18-14/h2-7,11-12,16,20H,8-10H2,1H3,(H,19,21)/t11?,12?,16-/m0/s1. The molecule has 2 heterocycles. The highest BCUT2D eigenvalue weighted by molar-refractivity contribution is 7.97. The van der Waals surface area contributed by atoms with Gasteiger partial charge in [0.1, 0.15) is 5.76 Å². The lowest BCUT2D eigenvalue weighted by Gasteiger charge is -2.37. The first-order valence-electron chi connectivity index (χ1n) is 7.65. The van der Waals surface area contributed by atoms with Gasteiger partial charge in [0.25, 0.3) is 5.91 Å². The smallest absolute Gasteiger partial charge is 0.287 e. The van der Waals surface area contributed by atoms with Crippen LogP contribution in [0, 0.1) is 5.92 Å². The Morgan fingerprint density at radius 3 is 2.91 bits per heavy atom. The van der Waals surface area contributed by atoms with Gasteiger partial charge in [0, 0.05) is 6.20 Å². The third-order valence-electron chi connectivity index (χ3n) is 4.09. The minimum Gasteiger partial charge on any atom is -0.455 e. The molecule has 23 heavy (non-hydrogen) atoms. The van der Waals surface area contributed by atoms with Crippen LogP contribution in [0.2, 0.25) is 0 Å². The molecular weight excluding hydrogens is 312 g/mol. The zero-order valence-corrected chi connectivity index (χ0v) is 13.8. The molecule has 1 amide bonds. The molecule has 0 aliphatic heterocycles. The predicted octanol–water partition coefficient (Wildman–Crippen LogP) is 2.78. The Kier molecular flexibility index (Phi) is 5.03. The SMILES string of the molecule is CSCc1ccc(C(=O)N[C@H](c2ccccn2)C2CC(O)C2)o1. The number of nitrogens with one attached hydrogen (secondary N) is 1. The molecule has 3 rings (SSSR count). The third kappa shape index (κ3) is 3.76. The summed E-state index contributed by atoms with van der Waals surface area (Å²) < 4.78 is 5.57. The second-order valence-corrected chi connectivity index (χ2v) is 6.66. The van der Waals surface area contributed by atoms with Crippen LogP contribution in [0.25, 0.3) is 0 Å². The van der Waals surface area contributed by atoms with Gasteiger partial charge in [0.15, 0.2) is 5.76 Å². The number of rotatable bonds is 6. The van der Waals surface area contributed by atoms with E-state index in [2.05, 4.69) is 10.3 Å². The summed E-state index contributed by atoms with van der Waals surface area (Å²) in [5, 5.41) is 12.6. The van der Waals surface area contributed by atoms with E-state index >= 15 is 0 Å². The third-order valence-corrected chi connectivity index (χ3v) is 4.66. The maximum atomic E-state index is 12.5. The van der Waals surface area contributed by atoms with Gasteiger partial charge in [-0.15, -0.1) is 0 Å². The second kappa shape index (κ2) is 7.19. The van der Waals surface area contributed by atoms with Crippen LogP contribution in [0.4, 0.5) is 0 Å². The van der Waals surface area contributed by atoms with Crippen molar-refractivity contribution >= 4 is 17.7 Å². The van der Waals surface area contributed by atoms with Crippen molar-refractivity contribution in [3.63, 3.8) is 0 Å². The number of hydrogen-bond donors (Lipinski definition) is 2. The van der Waals surface area contributed by atoms with E-state index in [1.807, 2.05) is 30.5 Å². The van der Waals surface area contributed by atoms with E-state index in [9.17, 15) is 9.90 Å². The number of pyridine rings is 1. The van der Waals surface area contributed by atoms with Gasteiger partial charge in [-0.05, 0) is 49.3 Å². The molecule has 0 bridgehead atoms. The lowest BCUT2D eigenvalue weighted by molar-refractivity contribution is 0.0225. The minimum atomic E-state index is -0.278. The first-order valence-corrected chi connectivity index (χ1v) is 9.04. The molecule has 0 aromatic carbocycles. The van der Waals surface area contributed by atoms with E-state index in [1.54, 1.807) is 24.0 Å². The number of nitrogens with zero attached hydrogens (tertiary/aromatic N) is 1. The molecule has 0 unspecified atom stereocenters. The molecule has 6 heteroatoms. The van der Waals surface area contributed by atoms with Crippen LogP contribution in [0.15, 0.2) is 40.9 Å². The largest absolute Gasteiger partial charge is 0.455 e. The molecule has 1 fully saturated rings. The van der Waals surface area contributed by atoms with Crippen molar-refractivity contribution in [1.82, 2.24) is 10.3 Å². The summed E-state index contributed by atoms with van der Waals surface area (Å²) >= 11 is 1.65. The van der Waals surface area contributed by atoms with Gasteiger partial charge in [-0.1, -0.05) is 6.07 Å². The van der Waals surface area contributed by atoms with E-state index in [1.165, 1.54) is 0 Å². The van der Waals surface area contributed by atoms with Crippen molar-refractivity contribution in [2.24, 2.45) is 5.92 Å². The first-order chi connectivity index (χ1) is 11.2. The summed E-state index contributed by atoms with van der Waals surface area (Å²) in [5.74, 6) is 1.80. The molecule has 0 saturated heterocycles. The van der Waals surface area contributed by atoms with Crippen molar-refractivity contribution in [3.8, 4) is 0 Å². The Balaban J connectivity index is 1.73. The predicted molar refractivity (Wildman–Crippen MR) is 89.1 cm³/mol. The van der Waals surface area contributed by atoms with Crippen molar-refractivity contribution in [3.05, 3.63) is 53.7 Å². The summed E-state index contributed by atoms with van der Waals surface area (Å²) in [6, 6.07) is 8.97. The van der Waals surface area contributed by atoms with Crippen LogP contribution in [-0.2, 0) is 5.75 Å². The zero-order valence-electron chi connectivity index (χ0n) is 12.9. The van der Waals surface area contributed by atoms with Crippen molar-refractivity contribution in [2.75, 3.05) is 6.26 Å². The van der Waals surface area contributed by atoms with E-state index in [0.29, 0.717) is 18.6 Å². The number of thioether (sulfide) groups is 1. The van der Waals surface area contributed by atoms with Crippen LogP contribution < -0.4 is 5.32 Å². The molecule has 1 saturated carbocycles. The highest BCUT2D eigenvalue weighted by Crippen LogP contribution is 2.37. The number of furan rings is 1. The summed E-state index contributed by atoms with van der Waals surface area (Å²) in [4.78, 5) is 16.8. The molecule has 2 aromatic heterocycles. The van der Waals surface area contributed by atoms with Gasteiger partial charge >= 0.3 is 0 Å². The van der Waals surface area contributed by atoms with Gasteiger partial charge in [0.05, 0.1) is 23.6 Å². The summed E-state index contributed by atoms with van der Waals surface area (Å²) in [7, 11) is 0. The van der Waals surface area contributed by atoms with Crippen molar-refractivity contribution < 1.29 is 14.3 Å². The molecule has 0 radical (unpaired) electrons. The Labute approximate surface area is 139 Å². The molecule has 2 N–H and O–H groups in total. The molecule has 1 aliphatic carbocycles. The normalized spacial score (nSPS) is 21.5. The molecule has 2 aromatic rings. The number of aliphatic hydroxyl groups is 1. The fraction of sp³-hybridized carbons (Fsp3) is 0.412. The average molecular weight is 332 g/mol. The number of hydrogen-bond acceptors (Lipinski definition) is 5. The van der Waals surface area contributed by atoms with Crippen molar-refractivity contribution in [2.45, 2.75) is 30.7 Å². The lowest BCUT2D eigenvalue weighted by Crippen LogP contribution is -2.41. The molecular formula is C17H20N2O3S. The average Bonchev–Trinajstić information content (AvgIpc) is 3.00. The van der Waals surface area contributed by atoms with E-state index in [4.69, 9.17) is 4.42 Å². The Hall–Kier alpha value is -1.79. The highest BCUT2D eigenvalue weighted by atomic mass is 32.2. The number of aromatic nitrogens is 1. The summed E-state index contributed by atoms with van der Waals surface area (Å²) in [6.45, 7) is 0. The second-order valence-electron chi connectivity index (χ2n) is 5.79. The molecule has 0 spiro atoms. The van der Waals surface area contributed by atoms with Crippen LogP contribution in [0.1, 0.15) is 40.9 Å². The minimum absolute atomic E-state index is 0.199. The van der Waals surface area contributed by atoms with Crippen LogP contribution in [0.3, 0.4) is 0 Å². The van der Waals surface area contributed by atoms with Crippen LogP contribution in [0.5, 0.6) is 0 Å². The van der Waals surface area contributed by atoms with E-state index in [0.717, 1.165) is 17.2 Å². The van der Waals surface area contributed by atoms with Gasteiger partial charge in [0.2, 0.25) is 0 Å². The van der Waals surface area contributed by atoms with Gasteiger partial charge in [-0.3, -0.25) is 9.78 Å². The number of carbonyl (C=O) groups excluding carboxylic acids is 1. The van der Waals surface area contributed by atoms with Crippen LogP contribution >= 0.6 is 11.8 Å². The zero-order chi connectivity index (χ0) is 16.2. The lowest BCUT2D eigenvalue weighted by atomic mass is 9.76. The Bertz CT molecular complexity index is 653. The number of amides is 1. The van der Waals surface area contributed by atoms with Gasteiger partial charge in [-0.25, -0.2) is 0 Å². The first kappa shape index (κ1) is 16.1. The fourth-order valence-electron chi connectivity index (χ4n) is 2.83. The number of carbonyl (C=O) groups is 1.